The molecule has 0 spiro atoms. The summed E-state index contributed by atoms with van der Waals surface area (Å²) >= 11 is 0. The molecule has 0 aliphatic heterocycles. The van der Waals surface area contributed by atoms with Crippen molar-refractivity contribution in [2.24, 2.45) is 0 Å². The Kier molecular flexibility index (Phi) is 5.53. The SMILES string of the molecule is CCn1cc([C@H](C)NC(=O)c2cccc(Cn3cc([N+](=O)[O-])cn3)c2)c(C)n1. The summed E-state index contributed by atoms with van der Waals surface area (Å²) in [6.07, 6.45) is 4.52. The fraction of sp³-hybridized carbons (Fsp3) is 0.316. The molecule has 0 saturated heterocycles. The Balaban J connectivity index is 1.70. The minimum Gasteiger partial charge on any atom is -0.345 e. The van der Waals surface area contributed by atoms with Crippen LogP contribution < -0.4 is 5.32 Å². The van der Waals surface area contributed by atoms with Crippen LogP contribution in [0.3, 0.4) is 0 Å². The number of nitro groups is 1. The zero-order valence-corrected chi connectivity index (χ0v) is 16.0. The molecule has 28 heavy (non-hydrogen) atoms. The first kappa shape index (κ1) is 19.3. The number of hydrogen-bond donors (Lipinski definition) is 1. The van der Waals surface area contributed by atoms with Gasteiger partial charge in [-0.2, -0.15) is 10.2 Å². The predicted octanol–water partition coefficient (Wildman–Crippen LogP) is 2.86. The molecule has 0 aliphatic rings. The van der Waals surface area contributed by atoms with Gasteiger partial charge in [0.1, 0.15) is 12.4 Å². The van der Waals surface area contributed by atoms with E-state index in [1.165, 1.54) is 17.1 Å². The van der Waals surface area contributed by atoms with Crippen molar-refractivity contribution in [3.63, 3.8) is 0 Å². The third-order valence-corrected chi connectivity index (χ3v) is 4.49. The van der Waals surface area contributed by atoms with Crippen molar-refractivity contribution in [1.29, 1.82) is 0 Å². The number of nitrogens with one attached hydrogen (secondary N) is 1. The molecule has 2 heterocycles. The maximum Gasteiger partial charge on any atom is 0.307 e. The second kappa shape index (κ2) is 8.03. The van der Waals surface area contributed by atoms with Crippen LogP contribution in [0.15, 0.2) is 42.9 Å². The third kappa shape index (κ3) is 4.25. The number of benzene rings is 1. The minimum absolute atomic E-state index is 0.0642. The van der Waals surface area contributed by atoms with Gasteiger partial charge in [-0.15, -0.1) is 0 Å². The Morgan fingerprint density at radius 3 is 2.75 bits per heavy atom. The molecule has 0 saturated carbocycles. The lowest BCUT2D eigenvalue weighted by Gasteiger charge is -2.14. The lowest BCUT2D eigenvalue weighted by Crippen LogP contribution is -2.27. The number of nitrogens with zero attached hydrogens (tertiary/aromatic N) is 5. The molecular weight excluding hydrogens is 360 g/mol. The molecular formula is C19H22N6O3. The normalized spacial score (nSPS) is 12.0. The molecule has 146 valence electrons. The van der Waals surface area contributed by atoms with Crippen LogP contribution in [0.25, 0.3) is 0 Å². The number of amides is 1. The summed E-state index contributed by atoms with van der Waals surface area (Å²) < 4.78 is 3.32. The first-order chi connectivity index (χ1) is 13.4. The smallest absolute Gasteiger partial charge is 0.307 e. The van der Waals surface area contributed by atoms with Crippen molar-refractivity contribution in [3.05, 3.63) is 75.4 Å². The topological polar surface area (TPSA) is 108 Å². The lowest BCUT2D eigenvalue weighted by atomic mass is 10.1. The van der Waals surface area contributed by atoms with Crippen LogP contribution in [0, 0.1) is 17.0 Å². The molecule has 1 N–H and O–H groups in total. The average molecular weight is 382 g/mol. The highest BCUT2D eigenvalue weighted by Gasteiger charge is 2.16. The van der Waals surface area contributed by atoms with Crippen molar-refractivity contribution in [1.82, 2.24) is 24.9 Å². The standard InChI is InChI=1S/C19H22N6O3/c1-4-23-12-18(14(3)22-23)13(2)21-19(26)16-7-5-6-15(8-16)10-24-11-17(9-20-24)25(27)28/h5-9,11-13H,4,10H2,1-3H3,(H,21,26)/t13-/m0/s1. The van der Waals surface area contributed by atoms with Crippen molar-refractivity contribution in [3.8, 4) is 0 Å². The van der Waals surface area contributed by atoms with E-state index in [0.29, 0.717) is 12.1 Å². The van der Waals surface area contributed by atoms with E-state index in [-0.39, 0.29) is 17.6 Å². The predicted molar refractivity (Wildman–Crippen MR) is 103 cm³/mol. The highest BCUT2D eigenvalue weighted by atomic mass is 16.6. The quantitative estimate of drug-likeness (QED) is 0.499. The fourth-order valence-electron chi connectivity index (χ4n) is 3.01. The molecule has 0 aliphatic carbocycles. The van der Waals surface area contributed by atoms with Crippen LogP contribution in [-0.2, 0) is 13.1 Å². The van der Waals surface area contributed by atoms with E-state index >= 15 is 0 Å². The molecule has 2 aromatic heterocycles. The summed E-state index contributed by atoms with van der Waals surface area (Å²) in [5.74, 6) is -0.190. The minimum atomic E-state index is -0.489. The van der Waals surface area contributed by atoms with E-state index < -0.39 is 4.92 Å². The van der Waals surface area contributed by atoms with Crippen molar-refractivity contribution >= 4 is 11.6 Å². The Labute approximate surface area is 162 Å². The number of carbonyl (C=O) groups excluding carboxylic acids is 1. The van der Waals surface area contributed by atoms with Crippen LogP contribution >= 0.6 is 0 Å². The van der Waals surface area contributed by atoms with Gasteiger partial charge in [-0.25, -0.2) is 0 Å². The van der Waals surface area contributed by atoms with E-state index in [0.717, 1.165) is 23.4 Å². The molecule has 0 unspecified atom stereocenters. The molecule has 0 radical (unpaired) electrons. The number of hydrogen-bond acceptors (Lipinski definition) is 5. The Hall–Kier alpha value is -3.49. The molecule has 0 fully saturated rings. The van der Waals surface area contributed by atoms with Gasteiger partial charge in [0.2, 0.25) is 0 Å². The zero-order valence-electron chi connectivity index (χ0n) is 16.0. The summed E-state index contributed by atoms with van der Waals surface area (Å²) in [4.78, 5) is 22.9. The summed E-state index contributed by atoms with van der Waals surface area (Å²) in [7, 11) is 0. The molecule has 3 aromatic rings. The number of aromatic nitrogens is 4. The summed E-state index contributed by atoms with van der Waals surface area (Å²) in [5, 5.41) is 22.2. The number of aryl methyl sites for hydroxylation is 2. The molecule has 9 nitrogen and oxygen atoms in total. The first-order valence-electron chi connectivity index (χ1n) is 8.98. The van der Waals surface area contributed by atoms with Crippen LogP contribution in [0.5, 0.6) is 0 Å². The summed E-state index contributed by atoms with van der Waals surface area (Å²) in [6, 6.07) is 6.96. The van der Waals surface area contributed by atoms with Gasteiger partial charge in [-0.05, 0) is 38.5 Å². The Bertz CT molecular complexity index is 1010. The number of carbonyl (C=O) groups is 1. The van der Waals surface area contributed by atoms with E-state index in [9.17, 15) is 14.9 Å². The van der Waals surface area contributed by atoms with Gasteiger partial charge in [-0.1, -0.05) is 12.1 Å². The van der Waals surface area contributed by atoms with Gasteiger partial charge in [0.15, 0.2) is 0 Å². The van der Waals surface area contributed by atoms with Gasteiger partial charge in [0, 0.05) is 23.9 Å². The second-order valence-electron chi connectivity index (χ2n) is 6.57. The summed E-state index contributed by atoms with van der Waals surface area (Å²) in [6.45, 7) is 6.98. The van der Waals surface area contributed by atoms with Gasteiger partial charge < -0.3 is 5.32 Å². The van der Waals surface area contributed by atoms with Crippen molar-refractivity contribution in [2.75, 3.05) is 0 Å². The van der Waals surface area contributed by atoms with Gasteiger partial charge in [-0.3, -0.25) is 24.3 Å². The average Bonchev–Trinajstić information content (AvgIpc) is 3.28. The Morgan fingerprint density at radius 2 is 2.11 bits per heavy atom. The maximum absolute atomic E-state index is 12.7. The van der Waals surface area contributed by atoms with Gasteiger partial charge >= 0.3 is 5.69 Å². The molecule has 3 rings (SSSR count). The molecule has 1 amide bonds. The third-order valence-electron chi connectivity index (χ3n) is 4.49. The molecule has 1 atom stereocenters. The number of rotatable bonds is 7. The van der Waals surface area contributed by atoms with E-state index in [1.807, 2.05) is 37.7 Å². The van der Waals surface area contributed by atoms with Gasteiger partial charge in [0.25, 0.3) is 5.91 Å². The van der Waals surface area contributed by atoms with Crippen LogP contribution in [-0.4, -0.2) is 30.4 Å². The monoisotopic (exact) mass is 382 g/mol. The van der Waals surface area contributed by atoms with Crippen LogP contribution in [0.1, 0.15) is 47.1 Å². The van der Waals surface area contributed by atoms with Crippen molar-refractivity contribution in [2.45, 2.75) is 39.9 Å². The van der Waals surface area contributed by atoms with Gasteiger partial charge in [0.05, 0.1) is 23.2 Å². The van der Waals surface area contributed by atoms with E-state index in [4.69, 9.17) is 0 Å². The largest absolute Gasteiger partial charge is 0.345 e. The molecule has 0 bridgehead atoms. The fourth-order valence-corrected chi connectivity index (χ4v) is 3.01. The van der Waals surface area contributed by atoms with Crippen LogP contribution in [0.2, 0.25) is 0 Å². The molecule has 1 aromatic carbocycles. The summed E-state index contributed by atoms with van der Waals surface area (Å²) in [5.41, 5.74) is 3.16. The van der Waals surface area contributed by atoms with E-state index in [2.05, 4.69) is 15.5 Å². The second-order valence-corrected chi connectivity index (χ2v) is 6.57. The maximum atomic E-state index is 12.7. The van der Waals surface area contributed by atoms with Crippen LogP contribution in [0.4, 0.5) is 5.69 Å². The first-order valence-corrected chi connectivity index (χ1v) is 8.98. The highest BCUT2D eigenvalue weighted by Crippen LogP contribution is 2.17. The Morgan fingerprint density at radius 1 is 1.32 bits per heavy atom. The molecule has 9 heteroatoms. The van der Waals surface area contributed by atoms with Crippen molar-refractivity contribution < 1.29 is 9.72 Å². The highest BCUT2D eigenvalue weighted by molar-refractivity contribution is 5.94. The van der Waals surface area contributed by atoms with E-state index in [1.54, 1.807) is 18.2 Å². The lowest BCUT2D eigenvalue weighted by molar-refractivity contribution is -0.385. The zero-order chi connectivity index (χ0) is 20.3.